The van der Waals surface area contributed by atoms with E-state index in [1.54, 1.807) is 12.1 Å². The SMILES string of the molecule is O=C(CCCc1ccccc1F)N1CCOC2CCCCC21. The zero-order valence-corrected chi connectivity index (χ0v) is 13.0. The third-order valence-corrected chi connectivity index (χ3v) is 4.85. The van der Waals surface area contributed by atoms with Crippen molar-refractivity contribution in [2.75, 3.05) is 13.2 Å². The summed E-state index contributed by atoms with van der Waals surface area (Å²) in [5.74, 6) is 0.0326. The van der Waals surface area contributed by atoms with E-state index in [0.29, 0.717) is 38.0 Å². The summed E-state index contributed by atoms with van der Waals surface area (Å²) in [4.78, 5) is 14.5. The van der Waals surface area contributed by atoms with E-state index < -0.39 is 0 Å². The summed E-state index contributed by atoms with van der Waals surface area (Å²) in [7, 11) is 0. The summed E-state index contributed by atoms with van der Waals surface area (Å²) < 4.78 is 19.4. The molecule has 1 aromatic rings. The molecule has 3 nitrogen and oxygen atoms in total. The van der Waals surface area contributed by atoms with E-state index in [0.717, 1.165) is 12.8 Å². The van der Waals surface area contributed by atoms with Gasteiger partial charge in [0.1, 0.15) is 5.82 Å². The van der Waals surface area contributed by atoms with Crippen LogP contribution < -0.4 is 0 Å². The number of carbonyl (C=O) groups excluding carboxylic acids is 1. The number of carbonyl (C=O) groups is 1. The molecule has 0 radical (unpaired) electrons. The number of halogens is 1. The fraction of sp³-hybridized carbons (Fsp3) is 0.611. The maximum absolute atomic E-state index is 13.6. The summed E-state index contributed by atoms with van der Waals surface area (Å²) in [5.41, 5.74) is 0.702. The summed E-state index contributed by atoms with van der Waals surface area (Å²) in [6.45, 7) is 1.36. The molecule has 1 aromatic carbocycles. The van der Waals surface area contributed by atoms with Gasteiger partial charge in [-0.1, -0.05) is 31.0 Å². The van der Waals surface area contributed by atoms with Gasteiger partial charge in [-0.2, -0.15) is 0 Å². The molecule has 1 aliphatic heterocycles. The maximum atomic E-state index is 13.6. The van der Waals surface area contributed by atoms with Crippen molar-refractivity contribution in [2.24, 2.45) is 0 Å². The normalized spacial score (nSPS) is 24.9. The van der Waals surface area contributed by atoms with Crippen LogP contribution in [0.1, 0.15) is 44.1 Å². The van der Waals surface area contributed by atoms with Gasteiger partial charge in [0.25, 0.3) is 0 Å². The first kappa shape index (κ1) is 15.5. The highest BCUT2D eigenvalue weighted by molar-refractivity contribution is 5.76. The van der Waals surface area contributed by atoms with Gasteiger partial charge in [0, 0.05) is 13.0 Å². The van der Waals surface area contributed by atoms with Crippen molar-refractivity contribution in [3.63, 3.8) is 0 Å². The van der Waals surface area contributed by atoms with E-state index in [-0.39, 0.29) is 23.9 Å². The summed E-state index contributed by atoms with van der Waals surface area (Å²) in [5, 5.41) is 0. The number of ether oxygens (including phenoxy) is 1. The number of fused-ring (bicyclic) bond motifs is 1. The molecule has 2 unspecified atom stereocenters. The minimum Gasteiger partial charge on any atom is -0.374 e. The van der Waals surface area contributed by atoms with E-state index in [2.05, 4.69) is 0 Å². The van der Waals surface area contributed by atoms with Gasteiger partial charge < -0.3 is 9.64 Å². The highest BCUT2D eigenvalue weighted by atomic mass is 19.1. The second-order valence-corrected chi connectivity index (χ2v) is 6.29. The third-order valence-electron chi connectivity index (χ3n) is 4.85. The molecule has 1 amide bonds. The quantitative estimate of drug-likeness (QED) is 0.854. The van der Waals surface area contributed by atoms with Crippen LogP contribution in [0.3, 0.4) is 0 Å². The highest BCUT2D eigenvalue weighted by Crippen LogP contribution is 2.29. The van der Waals surface area contributed by atoms with Gasteiger partial charge in [-0.15, -0.1) is 0 Å². The second kappa shape index (κ2) is 7.23. The standard InChI is InChI=1S/C18H24FNO2/c19-15-8-2-1-6-14(15)7-5-11-18(21)20-12-13-22-17-10-4-3-9-16(17)20/h1-2,6,8,16-17H,3-5,7,9-13H2. The highest BCUT2D eigenvalue weighted by Gasteiger charge is 2.36. The zero-order chi connectivity index (χ0) is 15.4. The van der Waals surface area contributed by atoms with Crippen molar-refractivity contribution in [1.82, 2.24) is 4.90 Å². The first-order valence-electron chi connectivity index (χ1n) is 8.40. The first-order chi connectivity index (χ1) is 10.8. The van der Waals surface area contributed by atoms with Gasteiger partial charge in [-0.3, -0.25) is 4.79 Å². The topological polar surface area (TPSA) is 29.5 Å². The fourth-order valence-electron chi connectivity index (χ4n) is 3.68. The van der Waals surface area contributed by atoms with Crippen molar-refractivity contribution in [1.29, 1.82) is 0 Å². The lowest BCUT2D eigenvalue weighted by molar-refractivity contribution is -0.149. The maximum Gasteiger partial charge on any atom is 0.222 e. The van der Waals surface area contributed by atoms with E-state index in [1.165, 1.54) is 18.9 Å². The molecule has 120 valence electrons. The van der Waals surface area contributed by atoms with Crippen LogP contribution in [0.2, 0.25) is 0 Å². The van der Waals surface area contributed by atoms with Crippen molar-refractivity contribution in [3.05, 3.63) is 35.6 Å². The molecule has 0 aromatic heterocycles. The van der Waals surface area contributed by atoms with Crippen LogP contribution in [0.25, 0.3) is 0 Å². The van der Waals surface area contributed by atoms with Crippen molar-refractivity contribution in [2.45, 2.75) is 57.1 Å². The molecule has 1 heterocycles. The number of nitrogens with zero attached hydrogens (tertiary/aromatic N) is 1. The van der Waals surface area contributed by atoms with Crippen LogP contribution in [0.15, 0.2) is 24.3 Å². The lowest BCUT2D eigenvalue weighted by atomic mass is 9.90. The minimum atomic E-state index is -0.173. The molecule has 4 heteroatoms. The molecule has 1 aliphatic carbocycles. The average molecular weight is 305 g/mol. The van der Waals surface area contributed by atoms with Gasteiger partial charge in [0.15, 0.2) is 0 Å². The molecule has 1 saturated carbocycles. The predicted molar refractivity (Wildman–Crippen MR) is 83.0 cm³/mol. The number of rotatable bonds is 4. The fourth-order valence-corrected chi connectivity index (χ4v) is 3.68. The smallest absolute Gasteiger partial charge is 0.222 e. The average Bonchev–Trinajstić information content (AvgIpc) is 2.56. The number of amides is 1. The third kappa shape index (κ3) is 3.49. The van der Waals surface area contributed by atoms with Gasteiger partial charge in [-0.25, -0.2) is 4.39 Å². The van der Waals surface area contributed by atoms with E-state index >= 15 is 0 Å². The Balaban J connectivity index is 1.52. The van der Waals surface area contributed by atoms with E-state index in [1.807, 2.05) is 11.0 Å². The Labute approximate surface area is 131 Å². The lowest BCUT2D eigenvalue weighted by Gasteiger charge is -2.43. The monoisotopic (exact) mass is 305 g/mol. The molecule has 2 fully saturated rings. The Morgan fingerprint density at radius 3 is 2.95 bits per heavy atom. The summed E-state index contributed by atoms with van der Waals surface area (Å²) in [6.07, 6.45) is 6.58. The molecular formula is C18H24FNO2. The van der Waals surface area contributed by atoms with E-state index in [9.17, 15) is 9.18 Å². The van der Waals surface area contributed by atoms with Crippen molar-refractivity contribution in [3.8, 4) is 0 Å². The second-order valence-electron chi connectivity index (χ2n) is 6.29. The van der Waals surface area contributed by atoms with Crippen LogP contribution >= 0.6 is 0 Å². The van der Waals surface area contributed by atoms with Crippen molar-refractivity contribution < 1.29 is 13.9 Å². The summed E-state index contributed by atoms with van der Waals surface area (Å²) >= 11 is 0. The summed E-state index contributed by atoms with van der Waals surface area (Å²) in [6, 6.07) is 7.08. The Hall–Kier alpha value is -1.42. The largest absolute Gasteiger partial charge is 0.374 e. The van der Waals surface area contributed by atoms with Crippen LogP contribution in [0.4, 0.5) is 4.39 Å². The Kier molecular flexibility index (Phi) is 5.08. The minimum absolute atomic E-state index is 0.173. The molecule has 22 heavy (non-hydrogen) atoms. The van der Waals surface area contributed by atoms with Gasteiger partial charge in [0.2, 0.25) is 5.91 Å². The van der Waals surface area contributed by atoms with Crippen LogP contribution in [-0.2, 0) is 16.0 Å². The molecule has 1 saturated heterocycles. The Morgan fingerprint density at radius 2 is 2.09 bits per heavy atom. The van der Waals surface area contributed by atoms with Crippen LogP contribution in [-0.4, -0.2) is 36.1 Å². The molecule has 2 aliphatic rings. The molecule has 0 bridgehead atoms. The molecule has 0 spiro atoms. The first-order valence-corrected chi connectivity index (χ1v) is 8.40. The Morgan fingerprint density at radius 1 is 1.27 bits per heavy atom. The number of hydrogen-bond donors (Lipinski definition) is 0. The van der Waals surface area contributed by atoms with Crippen molar-refractivity contribution >= 4 is 5.91 Å². The Bertz CT molecular complexity index is 518. The lowest BCUT2D eigenvalue weighted by Crippen LogP contribution is -2.54. The molecule has 3 rings (SSSR count). The number of hydrogen-bond acceptors (Lipinski definition) is 2. The van der Waals surface area contributed by atoms with Gasteiger partial charge in [0.05, 0.1) is 18.8 Å². The number of morpholine rings is 1. The van der Waals surface area contributed by atoms with Crippen LogP contribution in [0.5, 0.6) is 0 Å². The number of benzene rings is 1. The zero-order valence-electron chi connectivity index (χ0n) is 13.0. The predicted octanol–water partition coefficient (Wildman–Crippen LogP) is 3.32. The molecule has 0 N–H and O–H groups in total. The van der Waals surface area contributed by atoms with Crippen LogP contribution in [0, 0.1) is 5.82 Å². The molecule has 2 atom stereocenters. The van der Waals surface area contributed by atoms with Gasteiger partial charge in [-0.05, 0) is 37.3 Å². The molecular weight excluding hydrogens is 281 g/mol. The van der Waals surface area contributed by atoms with E-state index in [4.69, 9.17) is 4.74 Å². The number of aryl methyl sites for hydroxylation is 1. The van der Waals surface area contributed by atoms with Gasteiger partial charge >= 0.3 is 0 Å².